The Bertz CT molecular complexity index is 540. The summed E-state index contributed by atoms with van der Waals surface area (Å²) in [4.78, 5) is 15.2. The first-order valence-electron chi connectivity index (χ1n) is 9.03. The number of alkyl halides is 3. The second-order valence-corrected chi connectivity index (χ2v) is 7.01. The molecule has 1 aliphatic rings. The van der Waals surface area contributed by atoms with Crippen molar-refractivity contribution in [3.63, 3.8) is 0 Å². The SMILES string of the molecule is CC(O)CN(CC(=O)N(Cc1ccco1)CC(F)(F)F)C1CCCCC1. The molecule has 0 aliphatic heterocycles. The number of hydrogen-bond donors (Lipinski definition) is 1. The molecule has 26 heavy (non-hydrogen) atoms. The maximum absolute atomic E-state index is 12.9. The van der Waals surface area contributed by atoms with Crippen LogP contribution in [0, 0.1) is 0 Å². The van der Waals surface area contributed by atoms with Crippen LogP contribution in [0.15, 0.2) is 22.8 Å². The van der Waals surface area contributed by atoms with E-state index in [0.29, 0.717) is 5.76 Å². The molecule has 0 saturated heterocycles. The van der Waals surface area contributed by atoms with Crippen molar-refractivity contribution in [2.45, 2.75) is 63.9 Å². The summed E-state index contributed by atoms with van der Waals surface area (Å²) in [6.07, 6.45) is 1.24. The standard InChI is InChI=1S/C18H27F3N2O3/c1-14(24)10-22(15-6-3-2-4-7-15)12-17(25)23(13-18(19,20)21)11-16-8-5-9-26-16/h5,8-9,14-15,24H,2-4,6-7,10-13H2,1H3. The summed E-state index contributed by atoms with van der Waals surface area (Å²) in [6.45, 7) is 0.220. The predicted octanol–water partition coefficient (Wildman–Crippen LogP) is 3.19. The Morgan fingerprint density at radius 2 is 2.04 bits per heavy atom. The van der Waals surface area contributed by atoms with Gasteiger partial charge in [-0.3, -0.25) is 9.69 Å². The highest BCUT2D eigenvalue weighted by Gasteiger charge is 2.34. The molecular formula is C18H27F3N2O3. The molecule has 0 radical (unpaired) electrons. The topological polar surface area (TPSA) is 56.9 Å². The van der Waals surface area contributed by atoms with Crippen molar-refractivity contribution in [2.75, 3.05) is 19.6 Å². The quantitative estimate of drug-likeness (QED) is 0.757. The van der Waals surface area contributed by atoms with Crippen LogP contribution in [-0.2, 0) is 11.3 Å². The monoisotopic (exact) mass is 376 g/mol. The molecule has 1 saturated carbocycles. The molecular weight excluding hydrogens is 349 g/mol. The first-order valence-corrected chi connectivity index (χ1v) is 9.03. The first-order chi connectivity index (χ1) is 12.2. The molecule has 1 amide bonds. The van der Waals surface area contributed by atoms with Gasteiger partial charge in [0.25, 0.3) is 0 Å². The Labute approximate surface area is 151 Å². The van der Waals surface area contributed by atoms with Crippen LogP contribution in [-0.4, -0.2) is 58.8 Å². The maximum atomic E-state index is 12.9. The van der Waals surface area contributed by atoms with Gasteiger partial charge in [0, 0.05) is 12.6 Å². The second-order valence-electron chi connectivity index (χ2n) is 7.01. The molecule has 1 fully saturated rings. The normalized spacial score (nSPS) is 17.5. The van der Waals surface area contributed by atoms with Gasteiger partial charge in [-0.1, -0.05) is 19.3 Å². The van der Waals surface area contributed by atoms with Crippen molar-refractivity contribution in [1.29, 1.82) is 0 Å². The molecule has 0 bridgehead atoms. The van der Waals surface area contributed by atoms with E-state index in [1.165, 1.54) is 6.26 Å². The molecule has 1 aromatic heterocycles. The number of rotatable bonds is 8. The van der Waals surface area contributed by atoms with Crippen molar-refractivity contribution in [1.82, 2.24) is 9.80 Å². The minimum Gasteiger partial charge on any atom is -0.467 e. The lowest BCUT2D eigenvalue weighted by Gasteiger charge is -2.36. The zero-order chi connectivity index (χ0) is 19.2. The van der Waals surface area contributed by atoms with E-state index in [0.717, 1.165) is 37.0 Å². The fraction of sp³-hybridized carbons (Fsp3) is 0.722. The predicted molar refractivity (Wildman–Crippen MR) is 90.3 cm³/mol. The van der Waals surface area contributed by atoms with E-state index in [2.05, 4.69) is 0 Å². The van der Waals surface area contributed by atoms with Crippen molar-refractivity contribution in [2.24, 2.45) is 0 Å². The van der Waals surface area contributed by atoms with Gasteiger partial charge < -0.3 is 14.4 Å². The lowest BCUT2D eigenvalue weighted by atomic mass is 9.94. The Kier molecular flexibility index (Phi) is 7.52. The Morgan fingerprint density at radius 1 is 1.35 bits per heavy atom. The number of hydrogen-bond acceptors (Lipinski definition) is 4. The van der Waals surface area contributed by atoms with E-state index in [4.69, 9.17) is 4.42 Å². The minimum absolute atomic E-state index is 0.124. The van der Waals surface area contributed by atoms with E-state index in [1.54, 1.807) is 19.1 Å². The number of amides is 1. The van der Waals surface area contributed by atoms with Crippen LogP contribution >= 0.6 is 0 Å². The third-order valence-electron chi connectivity index (χ3n) is 4.58. The number of aliphatic hydroxyl groups is 1. The first kappa shape index (κ1) is 20.8. The highest BCUT2D eigenvalue weighted by Crippen LogP contribution is 2.24. The fourth-order valence-electron chi connectivity index (χ4n) is 3.44. The van der Waals surface area contributed by atoms with Gasteiger partial charge >= 0.3 is 6.18 Å². The van der Waals surface area contributed by atoms with Gasteiger partial charge in [-0.2, -0.15) is 13.2 Å². The summed E-state index contributed by atoms with van der Waals surface area (Å²) in [5, 5.41) is 9.74. The number of carbonyl (C=O) groups is 1. The van der Waals surface area contributed by atoms with Crippen LogP contribution in [0.2, 0.25) is 0 Å². The van der Waals surface area contributed by atoms with Gasteiger partial charge in [-0.05, 0) is 31.9 Å². The molecule has 1 atom stereocenters. The molecule has 1 heterocycles. The number of nitrogens with zero attached hydrogens (tertiary/aromatic N) is 2. The maximum Gasteiger partial charge on any atom is 0.406 e. The summed E-state index contributed by atoms with van der Waals surface area (Å²) < 4.78 is 43.9. The third-order valence-corrected chi connectivity index (χ3v) is 4.58. The summed E-state index contributed by atoms with van der Waals surface area (Å²) in [5.41, 5.74) is 0. The summed E-state index contributed by atoms with van der Waals surface area (Å²) in [6, 6.07) is 3.25. The van der Waals surface area contributed by atoms with Gasteiger partial charge in [-0.25, -0.2) is 0 Å². The lowest BCUT2D eigenvalue weighted by Crippen LogP contribution is -2.49. The summed E-state index contributed by atoms with van der Waals surface area (Å²) in [5.74, 6) is -0.299. The largest absolute Gasteiger partial charge is 0.467 e. The van der Waals surface area contributed by atoms with Crippen molar-refractivity contribution >= 4 is 5.91 Å². The van der Waals surface area contributed by atoms with Crippen LogP contribution in [0.3, 0.4) is 0 Å². The van der Waals surface area contributed by atoms with Gasteiger partial charge in [0.05, 0.1) is 25.5 Å². The van der Waals surface area contributed by atoms with E-state index in [9.17, 15) is 23.1 Å². The lowest BCUT2D eigenvalue weighted by molar-refractivity contribution is -0.164. The van der Waals surface area contributed by atoms with E-state index in [1.807, 2.05) is 4.90 Å². The van der Waals surface area contributed by atoms with Crippen LogP contribution in [0.5, 0.6) is 0 Å². The number of furan rings is 1. The highest BCUT2D eigenvalue weighted by molar-refractivity contribution is 5.78. The van der Waals surface area contributed by atoms with Crippen LogP contribution in [0.25, 0.3) is 0 Å². The van der Waals surface area contributed by atoms with E-state index in [-0.39, 0.29) is 25.7 Å². The second kappa shape index (κ2) is 9.41. The summed E-state index contributed by atoms with van der Waals surface area (Å²) in [7, 11) is 0. The number of aliphatic hydroxyl groups excluding tert-OH is 1. The minimum atomic E-state index is -4.48. The smallest absolute Gasteiger partial charge is 0.406 e. The van der Waals surface area contributed by atoms with Crippen LogP contribution in [0.4, 0.5) is 13.2 Å². The molecule has 5 nitrogen and oxygen atoms in total. The molecule has 2 rings (SSSR count). The van der Waals surface area contributed by atoms with Crippen molar-refractivity contribution < 1.29 is 27.5 Å². The van der Waals surface area contributed by atoms with Crippen molar-refractivity contribution in [3.8, 4) is 0 Å². The average molecular weight is 376 g/mol. The Hall–Kier alpha value is -1.54. The van der Waals surface area contributed by atoms with E-state index < -0.39 is 24.7 Å². The van der Waals surface area contributed by atoms with Crippen LogP contribution in [0.1, 0.15) is 44.8 Å². The Balaban J connectivity index is 2.07. The van der Waals surface area contributed by atoms with Gasteiger partial charge in [0.1, 0.15) is 12.3 Å². The Morgan fingerprint density at radius 3 is 2.58 bits per heavy atom. The number of halogens is 3. The van der Waals surface area contributed by atoms with E-state index >= 15 is 0 Å². The molecule has 1 aromatic rings. The number of carbonyl (C=O) groups excluding carboxylic acids is 1. The molecule has 1 N–H and O–H groups in total. The van der Waals surface area contributed by atoms with Gasteiger partial charge in [-0.15, -0.1) is 0 Å². The molecule has 1 aliphatic carbocycles. The molecule has 0 spiro atoms. The summed E-state index contributed by atoms with van der Waals surface area (Å²) >= 11 is 0. The van der Waals surface area contributed by atoms with Gasteiger partial charge in [0.2, 0.25) is 5.91 Å². The average Bonchev–Trinajstić information content (AvgIpc) is 3.06. The zero-order valence-electron chi connectivity index (χ0n) is 15.0. The van der Waals surface area contributed by atoms with Crippen molar-refractivity contribution in [3.05, 3.63) is 24.2 Å². The van der Waals surface area contributed by atoms with Crippen LogP contribution < -0.4 is 0 Å². The molecule has 0 aromatic carbocycles. The van der Waals surface area contributed by atoms with Gasteiger partial charge in [0.15, 0.2) is 0 Å². The zero-order valence-corrected chi connectivity index (χ0v) is 15.0. The fourth-order valence-corrected chi connectivity index (χ4v) is 3.44. The molecule has 1 unspecified atom stereocenters. The molecule has 148 valence electrons. The third kappa shape index (κ3) is 6.99. The molecule has 8 heteroatoms. The highest BCUT2D eigenvalue weighted by atomic mass is 19.4.